The summed E-state index contributed by atoms with van der Waals surface area (Å²) in [5.74, 6) is 1.38. The highest BCUT2D eigenvalue weighted by Crippen LogP contribution is 2.49. The van der Waals surface area contributed by atoms with Crippen LogP contribution in [0.15, 0.2) is 57.6 Å². The molecule has 2 aliphatic rings. The van der Waals surface area contributed by atoms with E-state index in [1.165, 1.54) is 11.0 Å². The van der Waals surface area contributed by atoms with Crippen LogP contribution < -0.4 is 30.5 Å². The first-order valence-corrected chi connectivity index (χ1v) is 12.7. The van der Waals surface area contributed by atoms with Gasteiger partial charge in [0.2, 0.25) is 0 Å². The summed E-state index contributed by atoms with van der Waals surface area (Å²) in [5, 5.41) is 0.672. The van der Waals surface area contributed by atoms with Gasteiger partial charge in [-0.3, -0.25) is 9.69 Å². The number of anilines is 1. The standard InChI is InChI=1S/C29H28N2O6S/c1-5-8-16-13-22(33)36-27-23(16)26-18(11-12-29(2,3)37-26)25-24(27)20(32)14-17(35-25)15-31(28(30)38)19-9-6-7-10-21(19)34-4/h6-7,9-13,15H,5,8,14H2,1-4H3,(H2,30,38). The molecule has 0 unspecified atom stereocenters. The monoisotopic (exact) mass is 532 g/mol. The molecular weight excluding hydrogens is 504 g/mol. The number of Topliss-reactive ketones (excluding diaryl/α,β-unsaturated/α-hetero) is 1. The number of aryl methyl sites for hydroxylation is 1. The van der Waals surface area contributed by atoms with Crippen LogP contribution in [0.3, 0.4) is 0 Å². The van der Waals surface area contributed by atoms with E-state index >= 15 is 0 Å². The second-order valence-electron chi connectivity index (χ2n) is 9.71. The van der Waals surface area contributed by atoms with Crippen molar-refractivity contribution in [3.63, 3.8) is 0 Å². The van der Waals surface area contributed by atoms with Gasteiger partial charge in [-0.05, 0) is 62.3 Å². The van der Waals surface area contributed by atoms with E-state index < -0.39 is 11.2 Å². The molecule has 2 aromatic carbocycles. The molecule has 0 saturated carbocycles. The third kappa shape index (κ3) is 4.43. The minimum Gasteiger partial charge on any atom is -0.495 e. The van der Waals surface area contributed by atoms with Gasteiger partial charge in [0.05, 0.1) is 36.4 Å². The fourth-order valence-corrected chi connectivity index (χ4v) is 4.97. The van der Waals surface area contributed by atoms with Gasteiger partial charge in [-0.2, -0.15) is 0 Å². The van der Waals surface area contributed by atoms with E-state index in [-0.39, 0.29) is 34.2 Å². The van der Waals surface area contributed by atoms with Gasteiger partial charge in [0, 0.05) is 6.07 Å². The number of fused-ring (bicyclic) bond motifs is 6. The zero-order valence-electron chi connectivity index (χ0n) is 21.6. The van der Waals surface area contributed by atoms with Crippen LogP contribution in [0.5, 0.6) is 17.2 Å². The van der Waals surface area contributed by atoms with E-state index in [1.807, 2.05) is 45.1 Å². The lowest BCUT2D eigenvalue weighted by Gasteiger charge is -2.32. The van der Waals surface area contributed by atoms with Gasteiger partial charge in [0.15, 0.2) is 22.2 Å². The highest BCUT2D eigenvalue weighted by Gasteiger charge is 2.36. The molecule has 0 bridgehead atoms. The molecule has 9 heteroatoms. The van der Waals surface area contributed by atoms with Gasteiger partial charge in [-0.25, -0.2) is 4.79 Å². The maximum absolute atomic E-state index is 13.7. The molecule has 0 atom stereocenters. The molecule has 3 aromatic rings. The number of benzene rings is 2. The number of allylic oxidation sites excluding steroid dienone is 1. The van der Waals surface area contributed by atoms with Crippen LogP contribution in [0.2, 0.25) is 0 Å². The summed E-state index contributed by atoms with van der Waals surface area (Å²) in [7, 11) is 1.55. The molecule has 0 amide bonds. The van der Waals surface area contributed by atoms with Crippen LogP contribution in [-0.4, -0.2) is 23.6 Å². The maximum Gasteiger partial charge on any atom is 0.336 e. The number of carbonyl (C=O) groups is 1. The molecule has 2 aliphatic heterocycles. The Kier molecular flexibility index (Phi) is 6.48. The number of rotatable bonds is 5. The maximum atomic E-state index is 13.7. The number of hydrogen-bond acceptors (Lipinski definition) is 7. The molecule has 0 radical (unpaired) electrons. The lowest BCUT2D eigenvalue weighted by molar-refractivity contribution is 0.0964. The van der Waals surface area contributed by atoms with E-state index in [2.05, 4.69) is 0 Å². The number of ketones is 1. The van der Waals surface area contributed by atoms with Crippen LogP contribution >= 0.6 is 12.2 Å². The smallest absolute Gasteiger partial charge is 0.336 e. The first-order chi connectivity index (χ1) is 18.1. The lowest BCUT2D eigenvalue weighted by atomic mass is 9.90. The van der Waals surface area contributed by atoms with Gasteiger partial charge in [-0.15, -0.1) is 0 Å². The van der Waals surface area contributed by atoms with E-state index in [4.69, 9.17) is 36.6 Å². The van der Waals surface area contributed by atoms with E-state index in [0.717, 1.165) is 12.0 Å². The lowest BCUT2D eigenvalue weighted by Crippen LogP contribution is -2.32. The SMILES string of the molecule is CCCc1cc(=O)oc2c3c(c4c(c12)OC(C)(C)C=C4)OC(=CN(C(N)=S)c1ccccc1OC)CC3=O. The zero-order chi connectivity index (χ0) is 27.2. The second-order valence-corrected chi connectivity index (χ2v) is 10.1. The first kappa shape index (κ1) is 25.5. The Hall–Kier alpha value is -4.11. The number of methoxy groups -OCH3 is 1. The number of hydrogen-bond donors (Lipinski definition) is 1. The van der Waals surface area contributed by atoms with Crippen molar-refractivity contribution in [3.8, 4) is 17.2 Å². The van der Waals surface area contributed by atoms with Crippen molar-refractivity contribution in [1.29, 1.82) is 0 Å². The number of nitrogens with zero attached hydrogens (tertiary/aromatic N) is 1. The third-order valence-electron chi connectivity index (χ3n) is 6.45. The van der Waals surface area contributed by atoms with Crippen LogP contribution in [0.1, 0.15) is 55.1 Å². The third-order valence-corrected chi connectivity index (χ3v) is 6.65. The number of ether oxygens (including phenoxy) is 3. The summed E-state index contributed by atoms with van der Waals surface area (Å²) in [6, 6.07) is 8.71. The first-order valence-electron chi connectivity index (χ1n) is 12.3. The number of nitrogens with two attached hydrogens (primary N) is 1. The van der Waals surface area contributed by atoms with E-state index in [9.17, 15) is 9.59 Å². The van der Waals surface area contributed by atoms with Crippen molar-refractivity contribution < 1.29 is 23.4 Å². The highest BCUT2D eigenvalue weighted by molar-refractivity contribution is 7.80. The fourth-order valence-electron chi connectivity index (χ4n) is 4.82. The summed E-state index contributed by atoms with van der Waals surface area (Å²) < 4.78 is 23.9. The normalized spacial score (nSPS) is 16.4. The molecule has 0 aliphatic carbocycles. The second kappa shape index (κ2) is 9.64. The summed E-state index contributed by atoms with van der Waals surface area (Å²) in [4.78, 5) is 27.7. The molecule has 1 aromatic heterocycles. The van der Waals surface area contributed by atoms with Crippen molar-refractivity contribution in [2.24, 2.45) is 5.73 Å². The minimum absolute atomic E-state index is 0.0459. The number of para-hydroxylation sites is 2. The quantitative estimate of drug-likeness (QED) is 0.337. The predicted octanol–water partition coefficient (Wildman–Crippen LogP) is 5.50. The number of carbonyl (C=O) groups excluding carboxylic acids is 1. The van der Waals surface area contributed by atoms with Crippen LogP contribution in [-0.2, 0) is 6.42 Å². The topological polar surface area (TPSA) is 104 Å². The molecule has 38 heavy (non-hydrogen) atoms. The van der Waals surface area contributed by atoms with E-state index in [1.54, 1.807) is 25.4 Å². The fraction of sp³-hybridized carbons (Fsp3) is 0.276. The van der Waals surface area contributed by atoms with Gasteiger partial charge >= 0.3 is 5.63 Å². The summed E-state index contributed by atoms with van der Waals surface area (Å²) in [5.41, 5.74) is 7.29. The Bertz CT molecular complexity index is 1600. The van der Waals surface area contributed by atoms with Gasteiger partial charge < -0.3 is 24.4 Å². The summed E-state index contributed by atoms with van der Waals surface area (Å²) in [6.07, 6.45) is 6.72. The average molecular weight is 533 g/mol. The van der Waals surface area contributed by atoms with Gasteiger partial charge in [-0.1, -0.05) is 25.5 Å². The van der Waals surface area contributed by atoms with E-state index in [0.29, 0.717) is 40.3 Å². The Balaban J connectivity index is 1.73. The van der Waals surface area contributed by atoms with Gasteiger partial charge in [0.1, 0.15) is 28.4 Å². The van der Waals surface area contributed by atoms with Crippen LogP contribution in [0.25, 0.3) is 17.0 Å². The largest absolute Gasteiger partial charge is 0.495 e. The molecule has 2 N–H and O–H groups in total. The minimum atomic E-state index is -0.614. The van der Waals surface area contributed by atoms with Crippen LogP contribution in [0, 0.1) is 0 Å². The Morgan fingerprint density at radius 2 is 2.00 bits per heavy atom. The Labute approximate surface area is 225 Å². The molecular formula is C29H28N2O6S. The van der Waals surface area contributed by atoms with Crippen LogP contribution in [0.4, 0.5) is 5.69 Å². The average Bonchev–Trinajstić information content (AvgIpc) is 2.86. The molecule has 8 nitrogen and oxygen atoms in total. The highest BCUT2D eigenvalue weighted by atomic mass is 32.1. The molecule has 196 valence electrons. The van der Waals surface area contributed by atoms with Gasteiger partial charge in [0.25, 0.3) is 0 Å². The molecule has 3 heterocycles. The molecule has 5 rings (SSSR count). The Morgan fingerprint density at radius 1 is 1.24 bits per heavy atom. The van der Waals surface area contributed by atoms with Crippen molar-refractivity contribution in [1.82, 2.24) is 0 Å². The number of thiocarbonyl (C=S) groups is 1. The zero-order valence-corrected chi connectivity index (χ0v) is 22.4. The Morgan fingerprint density at radius 3 is 2.71 bits per heavy atom. The molecule has 0 saturated heterocycles. The molecule has 0 fully saturated rings. The molecule has 0 spiro atoms. The van der Waals surface area contributed by atoms with Crippen molar-refractivity contribution in [2.45, 2.75) is 45.6 Å². The summed E-state index contributed by atoms with van der Waals surface area (Å²) in [6.45, 7) is 5.89. The predicted molar refractivity (Wildman–Crippen MR) is 150 cm³/mol. The van der Waals surface area contributed by atoms with Crippen molar-refractivity contribution in [2.75, 3.05) is 12.0 Å². The summed E-state index contributed by atoms with van der Waals surface area (Å²) >= 11 is 5.30. The van der Waals surface area contributed by atoms with Crippen molar-refractivity contribution >= 4 is 45.8 Å². The van der Waals surface area contributed by atoms with Crippen molar-refractivity contribution in [3.05, 3.63) is 75.5 Å².